The lowest BCUT2D eigenvalue weighted by Gasteiger charge is -2.36. The number of hydrogen-bond acceptors (Lipinski definition) is 5. The van der Waals surface area contributed by atoms with Crippen LogP contribution in [0.1, 0.15) is 44.1 Å². The summed E-state index contributed by atoms with van der Waals surface area (Å²) in [5.74, 6) is 0.673. The van der Waals surface area contributed by atoms with Crippen LogP contribution >= 0.6 is 0 Å². The molecule has 3 amide bonds. The lowest BCUT2D eigenvalue weighted by molar-refractivity contribution is -0.134. The second-order valence-electron chi connectivity index (χ2n) is 7.27. The number of carbonyl (C=O) groups is 2. The predicted molar refractivity (Wildman–Crippen MR) is 93.9 cm³/mol. The third-order valence-electron chi connectivity index (χ3n) is 5.65. The standard InChI is InChI=1S/C19H22N4O3/c1-12-7-3-4-9-14(12)16-20-15(26-22-16)11-23-17(24)19(21-18(23)25)10-6-5-8-13(19)2/h3-4,7,9,13H,5-6,8,10-11H2,1-2H3,(H,21,25)/t13-,19-/m0/s1. The van der Waals surface area contributed by atoms with Gasteiger partial charge in [0.1, 0.15) is 12.1 Å². The van der Waals surface area contributed by atoms with Crippen LogP contribution in [0.3, 0.4) is 0 Å². The molecular weight excluding hydrogens is 332 g/mol. The molecule has 0 unspecified atom stereocenters. The third-order valence-corrected chi connectivity index (χ3v) is 5.65. The summed E-state index contributed by atoms with van der Waals surface area (Å²) in [6.07, 6.45) is 3.67. The van der Waals surface area contributed by atoms with Crippen molar-refractivity contribution in [2.24, 2.45) is 5.92 Å². The number of carbonyl (C=O) groups excluding carboxylic acids is 2. The Morgan fingerprint density at radius 3 is 2.88 bits per heavy atom. The second-order valence-corrected chi connectivity index (χ2v) is 7.27. The Kier molecular flexibility index (Phi) is 4.01. The van der Waals surface area contributed by atoms with Crippen molar-refractivity contribution in [2.75, 3.05) is 0 Å². The maximum Gasteiger partial charge on any atom is 0.325 e. The van der Waals surface area contributed by atoms with Gasteiger partial charge < -0.3 is 9.84 Å². The van der Waals surface area contributed by atoms with Gasteiger partial charge in [-0.15, -0.1) is 0 Å². The van der Waals surface area contributed by atoms with Crippen molar-refractivity contribution < 1.29 is 14.1 Å². The molecule has 7 heteroatoms. The molecule has 1 aromatic carbocycles. The molecule has 1 aliphatic carbocycles. The van der Waals surface area contributed by atoms with Gasteiger partial charge in [-0.1, -0.05) is 49.2 Å². The fraction of sp³-hybridized carbons (Fsp3) is 0.474. The number of rotatable bonds is 3. The lowest BCUT2D eigenvalue weighted by Crippen LogP contribution is -2.53. The molecule has 2 aromatic rings. The smallest absolute Gasteiger partial charge is 0.325 e. The Hall–Kier alpha value is -2.70. The molecule has 1 N–H and O–H groups in total. The second kappa shape index (κ2) is 6.23. The van der Waals surface area contributed by atoms with Crippen LogP contribution < -0.4 is 5.32 Å². The van der Waals surface area contributed by atoms with Gasteiger partial charge in [0.05, 0.1) is 0 Å². The summed E-state index contributed by atoms with van der Waals surface area (Å²) >= 11 is 0. The summed E-state index contributed by atoms with van der Waals surface area (Å²) in [7, 11) is 0. The first kappa shape index (κ1) is 16.8. The normalized spacial score (nSPS) is 25.8. The highest BCUT2D eigenvalue weighted by Gasteiger charge is 2.55. The molecule has 26 heavy (non-hydrogen) atoms. The molecule has 1 saturated carbocycles. The summed E-state index contributed by atoms with van der Waals surface area (Å²) in [6.45, 7) is 4.00. The van der Waals surface area contributed by atoms with Crippen LogP contribution in [0.5, 0.6) is 0 Å². The number of aryl methyl sites for hydroxylation is 1. The van der Waals surface area contributed by atoms with E-state index in [0.29, 0.717) is 12.2 Å². The van der Waals surface area contributed by atoms with E-state index in [1.54, 1.807) is 0 Å². The molecule has 4 rings (SSSR count). The van der Waals surface area contributed by atoms with Crippen molar-refractivity contribution in [3.63, 3.8) is 0 Å². The van der Waals surface area contributed by atoms with Crippen LogP contribution in [0.15, 0.2) is 28.8 Å². The van der Waals surface area contributed by atoms with Crippen LogP contribution in [0.4, 0.5) is 4.79 Å². The maximum atomic E-state index is 13.0. The molecule has 1 spiro atoms. The van der Waals surface area contributed by atoms with Crippen molar-refractivity contribution in [1.82, 2.24) is 20.4 Å². The zero-order valence-electron chi connectivity index (χ0n) is 15.0. The van der Waals surface area contributed by atoms with Gasteiger partial charge in [0.25, 0.3) is 5.91 Å². The van der Waals surface area contributed by atoms with Crippen LogP contribution in [-0.2, 0) is 11.3 Å². The monoisotopic (exact) mass is 354 g/mol. The minimum Gasteiger partial charge on any atom is -0.337 e. The first-order chi connectivity index (χ1) is 12.5. The molecule has 2 heterocycles. The van der Waals surface area contributed by atoms with E-state index in [4.69, 9.17) is 4.52 Å². The number of imide groups is 1. The van der Waals surface area contributed by atoms with E-state index in [0.717, 1.165) is 30.4 Å². The first-order valence-corrected chi connectivity index (χ1v) is 9.04. The fourth-order valence-corrected chi connectivity index (χ4v) is 4.03. The summed E-state index contributed by atoms with van der Waals surface area (Å²) in [4.78, 5) is 31.0. The van der Waals surface area contributed by atoms with E-state index in [1.807, 2.05) is 38.1 Å². The van der Waals surface area contributed by atoms with Crippen molar-refractivity contribution in [3.05, 3.63) is 35.7 Å². The number of urea groups is 1. The highest BCUT2D eigenvalue weighted by molar-refractivity contribution is 6.07. The van der Waals surface area contributed by atoms with Gasteiger partial charge in [-0.3, -0.25) is 9.69 Å². The number of nitrogens with one attached hydrogen (secondary N) is 1. The lowest BCUT2D eigenvalue weighted by atomic mass is 9.73. The highest BCUT2D eigenvalue weighted by atomic mass is 16.5. The van der Waals surface area contributed by atoms with Gasteiger partial charge in [-0.2, -0.15) is 4.98 Å². The predicted octanol–water partition coefficient (Wildman–Crippen LogP) is 3.05. The van der Waals surface area contributed by atoms with E-state index in [9.17, 15) is 9.59 Å². The zero-order chi connectivity index (χ0) is 18.3. The Morgan fingerprint density at radius 2 is 2.12 bits per heavy atom. The van der Waals surface area contributed by atoms with Gasteiger partial charge >= 0.3 is 6.03 Å². The molecule has 136 valence electrons. The van der Waals surface area contributed by atoms with Crippen molar-refractivity contribution in [2.45, 2.75) is 51.6 Å². The van der Waals surface area contributed by atoms with E-state index >= 15 is 0 Å². The Labute approximate surface area is 151 Å². The molecule has 1 aromatic heterocycles. The Bertz CT molecular complexity index is 862. The number of benzene rings is 1. The molecule has 2 fully saturated rings. The van der Waals surface area contributed by atoms with E-state index < -0.39 is 5.54 Å². The summed E-state index contributed by atoms with van der Waals surface area (Å²) < 4.78 is 5.30. The van der Waals surface area contributed by atoms with Crippen molar-refractivity contribution >= 4 is 11.9 Å². The van der Waals surface area contributed by atoms with Gasteiger partial charge in [0.2, 0.25) is 11.7 Å². The van der Waals surface area contributed by atoms with Gasteiger partial charge in [-0.05, 0) is 31.2 Å². The van der Waals surface area contributed by atoms with E-state index in [-0.39, 0.29) is 30.3 Å². The van der Waals surface area contributed by atoms with Gasteiger partial charge in [0.15, 0.2) is 0 Å². The third kappa shape index (κ3) is 2.58. The van der Waals surface area contributed by atoms with Crippen LogP contribution in [0.2, 0.25) is 0 Å². The van der Waals surface area contributed by atoms with Gasteiger partial charge in [0, 0.05) is 5.56 Å². The number of amides is 3. The van der Waals surface area contributed by atoms with Crippen molar-refractivity contribution in [1.29, 1.82) is 0 Å². The minimum atomic E-state index is -0.770. The topological polar surface area (TPSA) is 88.3 Å². The quantitative estimate of drug-likeness (QED) is 0.856. The number of nitrogens with zero attached hydrogens (tertiary/aromatic N) is 3. The highest BCUT2D eigenvalue weighted by Crippen LogP contribution is 2.38. The Morgan fingerprint density at radius 1 is 1.31 bits per heavy atom. The fourth-order valence-electron chi connectivity index (χ4n) is 4.03. The molecule has 2 atom stereocenters. The summed E-state index contributed by atoms with van der Waals surface area (Å²) in [5, 5.41) is 6.94. The molecule has 1 aliphatic heterocycles. The summed E-state index contributed by atoms with van der Waals surface area (Å²) in [6, 6.07) is 7.36. The summed E-state index contributed by atoms with van der Waals surface area (Å²) in [5.41, 5.74) is 1.13. The molecule has 2 aliphatic rings. The minimum absolute atomic E-state index is 0.00197. The average molecular weight is 354 g/mol. The van der Waals surface area contributed by atoms with E-state index in [2.05, 4.69) is 15.5 Å². The van der Waals surface area contributed by atoms with Gasteiger partial charge in [-0.25, -0.2) is 4.79 Å². The molecule has 7 nitrogen and oxygen atoms in total. The van der Waals surface area contributed by atoms with Crippen LogP contribution in [0, 0.1) is 12.8 Å². The first-order valence-electron chi connectivity index (χ1n) is 9.04. The molecule has 1 saturated heterocycles. The average Bonchev–Trinajstić information content (AvgIpc) is 3.18. The zero-order valence-corrected chi connectivity index (χ0v) is 15.0. The Balaban J connectivity index is 1.56. The molecule has 0 radical (unpaired) electrons. The van der Waals surface area contributed by atoms with Crippen molar-refractivity contribution in [3.8, 4) is 11.4 Å². The number of aromatic nitrogens is 2. The van der Waals surface area contributed by atoms with E-state index in [1.165, 1.54) is 4.90 Å². The maximum absolute atomic E-state index is 13.0. The largest absolute Gasteiger partial charge is 0.337 e. The molecular formula is C19H22N4O3. The molecule has 0 bridgehead atoms. The van der Waals surface area contributed by atoms with Crippen LogP contribution in [-0.4, -0.2) is 32.5 Å². The van der Waals surface area contributed by atoms with Crippen LogP contribution in [0.25, 0.3) is 11.4 Å². The SMILES string of the molecule is Cc1ccccc1-c1noc(CN2C(=O)N[C@]3(CCCC[C@@H]3C)C2=O)n1. The number of hydrogen-bond donors (Lipinski definition) is 1.